The second kappa shape index (κ2) is 5.89. The smallest absolute Gasteiger partial charge is 0.128 e. The number of rotatable bonds is 6. The SMILES string of the molecule is CNc1cccc(NCCCn2cccn2)n1. The van der Waals surface area contributed by atoms with Crippen LogP contribution in [0.5, 0.6) is 0 Å². The van der Waals surface area contributed by atoms with E-state index in [1.807, 2.05) is 42.2 Å². The summed E-state index contributed by atoms with van der Waals surface area (Å²) in [6, 6.07) is 7.82. The first-order valence-corrected chi connectivity index (χ1v) is 5.74. The third-order valence-electron chi connectivity index (χ3n) is 2.43. The third-order valence-corrected chi connectivity index (χ3v) is 2.43. The summed E-state index contributed by atoms with van der Waals surface area (Å²) in [4.78, 5) is 4.38. The van der Waals surface area contributed by atoms with Crippen LogP contribution in [0.15, 0.2) is 36.7 Å². The van der Waals surface area contributed by atoms with Crippen molar-refractivity contribution in [2.75, 3.05) is 24.2 Å². The number of aromatic nitrogens is 3. The second-order valence-corrected chi connectivity index (χ2v) is 3.71. The Balaban J connectivity index is 1.74. The maximum absolute atomic E-state index is 4.38. The molecule has 0 aliphatic rings. The third kappa shape index (κ3) is 3.48. The van der Waals surface area contributed by atoms with Gasteiger partial charge in [-0.1, -0.05) is 6.07 Å². The van der Waals surface area contributed by atoms with Gasteiger partial charge >= 0.3 is 0 Å². The number of nitrogens with zero attached hydrogens (tertiary/aromatic N) is 3. The molecule has 0 bridgehead atoms. The molecule has 2 aromatic rings. The Kier molecular flexibility index (Phi) is 3.96. The fraction of sp³-hybridized carbons (Fsp3) is 0.333. The van der Waals surface area contributed by atoms with Crippen molar-refractivity contribution in [3.63, 3.8) is 0 Å². The zero-order chi connectivity index (χ0) is 11.9. The van der Waals surface area contributed by atoms with Gasteiger partial charge in [0.1, 0.15) is 11.6 Å². The number of nitrogens with one attached hydrogen (secondary N) is 2. The molecule has 2 N–H and O–H groups in total. The summed E-state index contributed by atoms with van der Waals surface area (Å²) in [5.41, 5.74) is 0. The lowest BCUT2D eigenvalue weighted by Gasteiger charge is -2.07. The summed E-state index contributed by atoms with van der Waals surface area (Å²) in [5.74, 6) is 1.78. The van der Waals surface area contributed by atoms with Crippen molar-refractivity contribution in [3.05, 3.63) is 36.7 Å². The second-order valence-electron chi connectivity index (χ2n) is 3.71. The lowest BCUT2D eigenvalue weighted by Crippen LogP contribution is -2.08. The highest BCUT2D eigenvalue weighted by atomic mass is 15.3. The molecule has 0 atom stereocenters. The first kappa shape index (κ1) is 11.4. The number of anilines is 2. The minimum atomic E-state index is 0.877. The van der Waals surface area contributed by atoms with Crippen LogP contribution in [-0.2, 0) is 6.54 Å². The van der Waals surface area contributed by atoms with Gasteiger partial charge in [0.2, 0.25) is 0 Å². The van der Waals surface area contributed by atoms with E-state index in [1.54, 1.807) is 6.20 Å². The van der Waals surface area contributed by atoms with E-state index in [0.717, 1.165) is 31.1 Å². The molecule has 0 radical (unpaired) electrons. The molecule has 0 spiro atoms. The van der Waals surface area contributed by atoms with Crippen molar-refractivity contribution in [3.8, 4) is 0 Å². The van der Waals surface area contributed by atoms with E-state index in [4.69, 9.17) is 0 Å². The van der Waals surface area contributed by atoms with Gasteiger partial charge in [-0.2, -0.15) is 5.10 Å². The van der Waals surface area contributed by atoms with Crippen molar-refractivity contribution >= 4 is 11.6 Å². The minimum absolute atomic E-state index is 0.877. The molecule has 5 heteroatoms. The molecule has 2 heterocycles. The van der Waals surface area contributed by atoms with Gasteiger partial charge in [0.25, 0.3) is 0 Å². The lowest BCUT2D eigenvalue weighted by molar-refractivity contribution is 0.591. The first-order chi connectivity index (χ1) is 8.38. The van der Waals surface area contributed by atoms with Crippen LogP contribution in [0, 0.1) is 0 Å². The number of pyridine rings is 1. The quantitative estimate of drug-likeness (QED) is 0.745. The molecule has 0 fully saturated rings. The van der Waals surface area contributed by atoms with Crippen LogP contribution in [0.2, 0.25) is 0 Å². The van der Waals surface area contributed by atoms with E-state index in [1.165, 1.54) is 0 Å². The van der Waals surface area contributed by atoms with Crippen molar-refractivity contribution in [1.82, 2.24) is 14.8 Å². The maximum Gasteiger partial charge on any atom is 0.128 e. The summed E-state index contributed by atoms with van der Waals surface area (Å²) in [6.07, 6.45) is 4.79. The van der Waals surface area contributed by atoms with E-state index < -0.39 is 0 Å². The molecule has 0 aliphatic heterocycles. The number of hydrogen-bond donors (Lipinski definition) is 2. The Hall–Kier alpha value is -2.04. The van der Waals surface area contributed by atoms with Crippen molar-refractivity contribution in [1.29, 1.82) is 0 Å². The standard InChI is InChI=1S/C12H17N5/c1-13-11-5-2-6-12(16-11)14-7-3-9-17-10-4-8-15-17/h2,4-6,8,10H,3,7,9H2,1H3,(H2,13,14,16). The Morgan fingerprint density at radius 3 is 2.88 bits per heavy atom. The van der Waals surface area contributed by atoms with Crippen LogP contribution in [0.4, 0.5) is 11.6 Å². The van der Waals surface area contributed by atoms with E-state index >= 15 is 0 Å². The molecule has 0 saturated carbocycles. The summed E-state index contributed by atoms with van der Waals surface area (Å²) in [7, 11) is 1.86. The Labute approximate surface area is 101 Å². The van der Waals surface area contributed by atoms with Gasteiger partial charge in [-0.05, 0) is 24.6 Å². The molecule has 5 nitrogen and oxygen atoms in total. The number of hydrogen-bond acceptors (Lipinski definition) is 4. The molecule has 0 saturated heterocycles. The molecular formula is C12H17N5. The molecule has 0 unspecified atom stereocenters. The van der Waals surface area contributed by atoms with Crippen molar-refractivity contribution < 1.29 is 0 Å². The van der Waals surface area contributed by atoms with Crippen LogP contribution in [-0.4, -0.2) is 28.4 Å². The van der Waals surface area contributed by atoms with Crippen molar-refractivity contribution in [2.45, 2.75) is 13.0 Å². The van der Waals surface area contributed by atoms with Crippen LogP contribution in [0.1, 0.15) is 6.42 Å². The predicted molar refractivity (Wildman–Crippen MR) is 69.1 cm³/mol. The molecule has 2 aromatic heterocycles. The molecule has 0 amide bonds. The van der Waals surface area contributed by atoms with E-state index in [9.17, 15) is 0 Å². The zero-order valence-corrected chi connectivity index (χ0v) is 9.93. The molecule has 0 aromatic carbocycles. The van der Waals surface area contributed by atoms with Gasteiger partial charge < -0.3 is 10.6 Å². The van der Waals surface area contributed by atoms with Crippen LogP contribution >= 0.6 is 0 Å². The highest BCUT2D eigenvalue weighted by molar-refractivity contribution is 5.44. The zero-order valence-electron chi connectivity index (χ0n) is 9.93. The van der Waals surface area contributed by atoms with Gasteiger partial charge in [-0.25, -0.2) is 4.98 Å². The van der Waals surface area contributed by atoms with Crippen LogP contribution < -0.4 is 10.6 Å². The van der Waals surface area contributed by atoms with Crippen LogP contribution in [0.25, 0.3) is 0 Å². The van der Waals surface area contributed by atoms with Gasteiger partial charge in [0.05, 0.1) is 0 Å². The van der Waals surface area contributed by atoms with E-state index in [2.05, 4.69) is 20.7 Å². The fourth-order valence-electron chi connectivity index (χ4n) is 1.56. The van der Waals surface area contributed by atoms with Gasteiger partial charge in [0.15, 0.2) is 0 Å². The Morgan fingerprint density at radius 1 is 1.24 bits per heavy atom. The predicted octanol–water partition coefficient (Wildman–Crippen LogP) is 1.82. The molecule has 90 valence electrons. The molecule has 2 rings (SSSR count). The lowest BCUT2D eigenvalue weighted by atomic mass is 10.4. The fourth-order valence-corrected chi connectivity index (χ4v) is 1.56. The topological polar surface area (TPSA) is 54.8 Å². The molecular weight excluding hydrogens is 214 g/mol. The number of aryl methyl sites for hydroxylation is 1. The highest BCUT2D eigenvalue weighted by Gasteiger charge is 1.95. The summed E-state index contributed by atoms with van der Waals surface area (Å²) >= 11 is 0. The normalized spacial score (nSPS) is 10.2. The largest absolute Gasteiger partial charge is 0.373 e. The molecule has 17 heavy (non-hydrogen) atoms. The van der Waals surface area contributed by atoms with Gasteiger partial charge in [-0.15, -0.1) is 0 Å². The maximum atomic E-state index is 4.38. The molecule has 0 aliphatic carbocycles. The Morgan fingerprint density at radius 2 is 2.12 bits per heavy atom. The van der Waals surface area contributed by atoms with Crippen molar-refractivity contribution in [2.24, 2.45) is 0 Å². The summed E-state index contributed by atoms with van der Waals surface area (Å²) in [6.45, 7) is 1.81. The minimum Gasteiger partial charge on any atom is -0.373 e. The van der Waals surface area contributed by atoms with Gasteiger partial charge in [-0.3, -0.25) is 4.68 Å². The Bertz CT molecular complexity index is 438. The summed E-state index contributed by atoms with van der Waals surface area (Å²) < 4.78 is 1.93. The van der Waals surface area contributed by atoms with Gasteiger partial charge in [0, 0.05) is 32.5 Å². The van der Waals surface area contributed by atoms with E-state index in [0.29, 0.717) is 0 Å². The average molecular weight is 231 g/mol. The van der Waals surface area contributed by atoms with Crippen LogP contribution in [0.3, 0.4) is 0 Å². The monoisotopic (exact) mass is 231 g/mol. The first-order valence-electron chi connectivity index (χ1n) is 5.74. The van der Waals surface area contributed by atoms with E-state index in [-0.39, 0.29) is 0 Å². The average Bonchev–Trinajstić information content (AvgIpc) is 2.88. The summed E-state index contributed by atoms with van der Waals surface area (Å²) in [5, 5.41) is 10.5. The highest BCUT2D eigenvalue weighted by Crippen LogP contribution is 2.08.